The first-order valence-electron chi connectivity index (χ1n) is 6.39. The van der Waals surface area contributed by atoms with Gasteiger partial charge in [-0.15, -0.1) is 10.2 Å². The van der Waals surface area contributed by atoms with Crippen LogP contribution in [0.25, 0.3) is 0 Å². The SMILES string of the molecule is CCC(C)Cn1c(SCC(=O)O)nnc1C1CC1. The van der Waals surface area contributed by atoms with Gasteiger partial charge in [0.2, 0.25) is 0 Å². The molecule has 1 aliphatic rings. The summed E-state index contributed by atoms with van der Waals surface area (Å²) >= 11 is 1.26. The van der Waals surface area contributed by atoms with E-state index < -0.39 is 5.97 Å². The molecule has 1 unspecified atom stereocenters. The molecule has 2 rings (SSSR count). The summed E-state index contributed by atoms with van der Waals surface area (Å²) in [7, 11) is 0. The quantitative estimate of drug-likeness (QED) is 0.770. The number of aromatic nitrogens is 3. The fourth-order valence-corrected chi connectivity index (χ4v) is 2.46. The highest BCUT2D eigenvalue weighted by molar-refractivity contribution is 7.99. The van der Waals surface area contributed by atoms with Gasteiger partial charge in [0, 0.05) is 12.5 Å². The minimum absolute atomic E-state index is 0.0449. The zero-order valence-corrected chi connectivity index (χ0v) is 11.6. The fourth-order valence-electron chi connectivity index (χ4n) is 1.79. The Bertz CT molecular complexity index is 429. The van der Waals surface area contributed by atoms with Crippen LogP contribution in [0.2, 0.25) is 0 Å². The number of carboxylic acid groups (broad SMARTS) is 1. The molecule has 0 bridgehead atoms. The maximum Gasteiger partial charge on any atom is 0.313 e. The Morgan fingerprint density at radius 1 is 1.56 bits per heavy atom. The van der Waals surface area contributed by atoms with Gasteiger partial charge in [0.15, 0.2) is 5.16 Å². The number of nitrogens with zero attached hydrogens (tertiary/aromatic N) is 3. The van der Waals surface area contributed by atoms with Crippen molar-refractivity contribution in [1.82, 2.24) is 14.8 Å². The van der Waals surface area contributed by atoms with Gasteiger partial charge in [0.25, 0.3) is 0 Å². The van der Waals surface area contributed by atoms with Gasteiger partial charge >= 0.3 is 5.97 Å². The molecule has 1 heterocycles. The van der Waals surface area contributed by atoms with E-state index in [1.807, 2.05) is 0 Å². The number of aliphatic carboxylic acids is 1. The molecule has 0 spiro atoms. The highest BCUT2D eigenvalue weighted by Crippen LogP contribution is 2.40. The molecule has 1 atom stereocenters. The van der Waals surface area contributed by atoms with Crippen LogP contribution >= 0.6 is 11.8 Å². The summed E-state index contributed by atoms with van der Waals surface area (Å²) < 4.78 is 2.12. The van der Waals surface area contributed by atoms with Crippen molar-refractivity contribution in [1.29, 1.82) is 0 Å². The van der Waals surface area contributed by atoms with Crippen LogP contribution in [0.3, 0.4) is 0 Å². The molecule has 100 valence electrons. The minimum atomic E-state index is -0.814. The van der Waals surface area contributed by atoms with E-state index in [1.165, 1.54) is 24.6 Å². The molecule has 1 fully saturated rings. The largest absolute Gasteiger partial charge is 0.481 e. The van der Waals surface area contributed by atoms with Crippen LogP contribution < -0.4 is 0 Å². The second kappa shape index (κ2) is 5.73. The Morgan fingerprint density at radius 3 is 2.83 bits per heavy atom. The van der Waals surface area contributed by atoms with Gasteiger partial charge in [-0.25, -0.2) is 0 Å². The minimum Gasteiger partial charge on any atom is -0.481 e. The molecule has 1 saturated carbocycles. The zero-order chi connectivity index (χ0) is 13.1. The molecule has 1 N–H and O–H groups in total. The number of hydrogen-bond acceptors (Lipinski definition) is 4. The van der Waals surface area contributed by atoms with Crippen molar-refractivity contribution >= 4 is 17.7 Å². The molecule has 0 aliphatic heterocycles. The third-order valence-electron chi connectivity index (χ3n) is 3.20. The van der Waals surface area contributed by atoms with Crippen molar-refractivity contribution in [3.8, 4) is 0 Å². The Morgan fingerprint density at radius 2 is 2.28 bits per heavy atom. The number of carboxylic acids is 1. The van der Waals surface area contributed by atoms with Crippen molar-refractivity contribution in [2.45, 2.75) is 50.7 Å². The van der Waals surface area contributed by atoms with Gasteiger partial charge in [-0.3, -0.25) is 4.79 Å². The van der Waals surface area contributed by atoms with E-state index in [9.17, 15) is 4.79 Å². The molecule has 0 amide bonds. The summed E-state index contributed by atoms with van der Waals surface area (Å²) in [6.45, 7) is 5.25. The van der Waals surface area contributed by atoms with E-state index in [0.717, 1.165) is 23.9 Å². The first-order chi connectivity index (χ1) is 8.61. The topological polar surface area (TPSA) is 68.0 Å². The highest BCUT2D eigenvalue weighted by Gasteiger charge is 2.30. The Labute approximate surface area is 111 Å². The first-order valence-corrected chi connectivity index (χ1v) is 7.38. The van der Waals surface area contributed by atoms with Crippen LogP contribution in [0.15, 0.2) is 5.16 Å². The van der Waals surface area contributed by atoms with Crippen molar-refractivity contribution in [2.24, 2.45) is 5.92 Å². The average Bonchev–Trinajstić information content (AvgIpc) is 3.10. The maximum absolute atomic E-state index is 10.6. The second-order valence-electron chi connectivity index (χ2n) is 4.92. The molecular weight excluding hydrogens is 250 g/mol. The number of thioether (sulfide) groups is 1. The lowest BCUT2D eigenvalue weighted by Crippen LogP contribution is -2.11. The summed E-state index contributed by atoms with van der Waals surface area (Å²) in [6.07, 6.45) is 3.47. The van der Waals surface area contributed by atoms with Crippen LogP contribution in [-0.2, 0) is 11.3 Å². The van der Waals surface area contributed by atoms with E-state index in [0.29, 0.717) is 11.8 Å². The molecule has 1 aromatic rings. The number of rotatable bonds is 7. The second-order valence-corrected chi connectivity index (χ2v) is 5.86. The standard InChI is InChI=1S/C12H19N3O2S/c1-3-8(2)6-15-11(9-4-5-9)13-14-12(15)18-7-10(16)17/h8-9H,3-7H2,1-2H3,(H,16,17). The van der Waals surface area contributed by atoms with Crippen LogP contribution in [0, 0.1) is 5.92 Å². The van der Waals surface area contributed by atoms with Gasteiger partial charge in [-0.05, 0) is 18.8 Å². The lowest BCUT2D eigenvalue weighted by atomic mass is 10.1. The maximum atomic E-state index is 10.6. The van der Waals surface area contributed by atoms with E-state index in [2.05, 4.69) is 28.6 Å². The lowest BCUT2D eigenvalue weighted by molar-refractivity contribution is -0.133. The summed E-state index contributed by atoms with van der Waals surface area (Å²) in [5.74, 6) is 1.38. The molecule has 0 saturated heterocycles. The van der Waals surface area contributed by atoms with Crippen molar-refractivity contribution in [3.05, 3.63) is 5.82 Å². The van der Waals surface area contributed by atoms with Crippen LogP contribution in [0.1, 0.15) is 44.9 Å². The van der Waals surface area contributed by atoms with Gasteiger partial charge in [-0.2, -0.15) is 0 Å². The molecule has 0 aromatic carbocycles. The monoisotopic (exact) mass is 269 g/mol. The summed E-state index contributed by atoms with van der Waals surface area (Å²) in [4.78, 5) is 10.6. The van der Waals surface area contributed by atoms with Gasteiger partial charge < -0.3 is 9.67 Å². The molecular formula is C12H19N3O2S. The van der Waals surface area contributed by atoms with Crippen LogP contribution in [-0.4, -0.2) is 31.6 Å². The van der Waals surface area contributed by atoms with Crippen LogP contribution in [0.4, 0.5) is 0 Å². The molecule has 1 aromatic heterocycles. The molecule has 18 heavy (non-hydrogen) atoms. The molecule has 6 heteroatoms. The van der Waals surface area contributed by atoms with E-state index in [-0.39, 0.29) is 5.75 Å². The van der Waals surface area contributed by atoms with Gasteiger partial charge in [0.05, 0.1) is 5.75 Å². The fraction of sp³-hybridized carbons (Fsp3) is 0.750. The smallest absolute Gasteiger partial charge is 0.313 e. The molecule has 1 aliphatic carbocycles. The Kier molecular flexibility index (Phi) is 4.27. The van der Waals surface area contributed by atoms with Crippen LogP contribution in [0.5, 0.6) is 0 Å². The predicted octanol–water partition coefficient (Wildman–Crippen LogP) is 2.38. The van der Waals surface area contributed by atoms with E-state index in [4.69, 9.17) is 5.11 Å². The average molecular weight is 269 g/mol. The van der Waals surface area contributed by atoms with Gasteiger partial charge in [0.1, 0.15) is 5.82 Å². The zero-order valence-electron chi connectivity index (χ0n) is 10.8. The summed E-state index contributed by atoms with van der Waals surface area (Å²) in [5.41, 5.74) is 0. The Hall–Kier alpha value is -1.04. The van der Waals surface area contributed by atoms with E-state index >= 15 is 0 Å². The lowest BCUT2D eigenvalue weighted by Gasteiger charge is -2.13. The van der Waals surface area contributed by atoms with E-state index in [1.54, 1.807) is 0 Å². The number of carbonyl (C=O) groups is 1. The third-order valence-corrected chi connectivity index (χ3v) is 4.16. The summed E-state index contributed by atoms with van der Waals surface area (Å²) in [6, 6.07) is 0. The third kappa shape index (κ3) is 3.25. The first kappa shape index (κ1) is 13.4. The number of hydrogen-bond donors (Lipinski definition) is 1. The van der Waals surface area contributed by atoms with Crippen molar-refractivity contribution < 1.29 is 9.90 Å². The highest BCUT2D eigenvalue weighted by atomic mass is 32.2. The Balaban J connectivity index is 2.14. The van der Waals surface area contributed by atoms with Gasteiger partial charge in [-0.1, -0.05) is 32.0 Å². The molecule has 0 radical (unpaired) electrons. The summed E-state index contributed by atoms with van der Waals surface area (Å²) in [5, 5.41) is 17.9. The predicted molar refractivity (Wildman–Crippen MR) is 69.8 cm³/mol. The van der Waals surface area contributed by atoms with Crippen molar-refractivity contribution in [3.63, 3.8) is 0 Å². The molecule has 5 nitrogen and oxygen atoms in total. The van der Waals surface area contributed by atoms with Crippen molar-refractivity contribution in [2.75, 3.05) is 5.75 Å². The normalized spacial score (nSPS) is 16.8.